The van der Waals surface area contributed by atoms with Gasteiger partial charge in [-0.1, -0.05) is 37.5 Å². The minimum absolute atomic E-state index is 0.0966. The fourth-order valence-corrected chi connectivity index (χ4v) is 5.54. The maximum Gasteiger partial charge on any atom is 0.214 e. The summed E-state index contributed by atoms with van der Waals surface area (Å²) in [6, 6.07) is 9.24. The van der Waals surface area contributed by atoms with E-state index in [0.717, 1.165) is 5.78 Å². The number of hydrogen-bond donors (Lipinski definition) is 0. The number of aryl methyl sites for hydroxylation is 2. The van der Waals surface area contributed by atoms with E-state index in [1.165, 1.54) is 54.7 Å². The van der Waals surface area contributed by atoms with E-state index in [1.54, 1.807) is 0 Å². The van der Waals surface area contributed by atoms with Gasteiger partial charge in [0.1, 0.15) is 0 Å². The second-order valence-corrected chi connectivity index (χ2v) is 7.81. The highest BCUT2D eigenvalue weighted by molar-refractivity contribution is 5.63. The number of para-hydroxylation sites is 1. The van der Waals surface area contributed by atoms with Crippen molar-refractivity contribution in [2.45, 2.75) is 57.5 Å². The van der Waals surface area contributed by atoms with Crippen LogP contribution in [0.25, 0.3) is 5.78 Å². The molecule has 0 saturated heterocycles. The van der Waals surface area contributed by atoms with Crippen LogP contribution in [0, 0.1) is 6.92 Å². The van der Waals surface area contributed by atoms with E-state index < -0.39 is 0 Å². The number of imidazole rings is 2. The molecule has 5 rings (SSSR count). The molecule has 1 atom stereocenters. The average molecular weight is 334 g/mol. The molecule has 2 aromatic heterocycles. The summed E-state index contributed by atoms with van der Waals surface area (Å²) in [5.74, 6) is 1.08. The smallest absolute Gasteiger partial charge is 0.214 e. The standard InChI is InChI=1S/C21H26N4/c1-15-9-5-6-10-17(15)25-16(2)18-19(21(25)11-7-4-8-12-21)24-14-13-22-20(24)23(18)3/h5-6,9-10,13-14,16H,4,7-8,11-12H2,1-3H3. The lowest BCUT2D eigenvalue weighted by Crippen LogP contribution is -2.45. The van der Waals surface area contributed by atoms with Gasteiger partial charge in [0.05, 0.1) is 23.0 Å². The van der Waals surface area contributed by atoms with Crippen LogP contribution in [0.5, 0.6) is 0 Å². The molecule has 2 aliphatic rings. The van der Waals surface area contributed by atoms with Crippen LogP contribution in [0.2, 0.25) is 0 Å². The third-order valence-electron chi connectivity index (χ3n) is 6.51. The molecule has 1 aliphatic carbocycles. The molecule has 130 valence electrons. The van der Waals surface area contributed by atoms with Crippen LogP contribution in [0.4, 0.5) is 5.69 Å². The van der Waals surface area contributed by atoms with Gasteiger partial charge in [0, 0.05) is 25.1 Å². The Balaban J connectivity index is 1.81. The monoisotopic (exact) mass is 334 g/mol. The van der Waals surface area contributed by atoms with Crippen molar-refractivity contribution in [1.29, 1.82) is 0 Å². The Morgan fingerprint density at radius 3 is 2.64 bits per heavy atom. The van der Waals surface area contributed by atoms with Gasteiger partial charge in [-0.2, -0.15) is 0 Å². The van der Waals surface area contributed by atoms with Crippen molar-refractivity contribution >= 4 is 11.5 Å². The van der Waals surface area contributed by atoms with Gasteiger partial charge in [-0.05, 0) is 38.3 Å². The summed E-state index contributed by atoms with van der Waals surface area (Å²) < 4.78 is 4.67. The average Bonchev–Trinajstić information content (AvgIpc) is 3.25. The zero-order chi connectivity index (χ0) is 17.2. The lowest BCUT2D eigenvalue weighted by molar-refractivity contribution is 0.276. The summed E-state index contributed by atoms with van der Waals surface area (Å²) in [5, 5.41) is 0. The first-order valence-electron chi connectivity index (χ1n) is 9.52. The van der Waals surface area contributed by atoms with Crippen LogP contribution in [0.1, 0.15) is 62.0 Å². The molecule has 0 bridgehead atoms. The molecule has 1 fully saturated rings. The van der Waals surface area contributed by atoms with Gasteiger partial charge in [0.2, 0.25) is 5.78 Å². The van der Waals surface area contributed by atoms with Gasteiger partial charge in [-0.15, -0.1) is 0 Å². The van der Waals surface area contributed by atoms with Crippen molar-refractivity contribution < 1.29 is 0 Å². The van der Waals surface area contributed by atoms with Crippen molar-refractivity contribution in [3.05, 3.63) is 53.6 Å². The van der Waals surface area contributed by atoms with Gasteiger partial charge < -0.3 is 9.47 Å². The highest BCUT2D eigenvalue weighted by Crippen LogP contribution is 2.56. The van der Waals surface area contributed by atoms with Gasteiger partial charge in [0.25, 0.3) is 0 Å². The van der Waals surface area contributed by atoms with Crippen LogP contribution >= 0.6 is 0 Å². The molecule has 3 aromatic rings. The van der Waals surface area contributed by atoms with Gasteiger partial charge in [-0.25, -0.2) is 4.98 Å². The molecular formula is C21H26N4. The Kier molecular flexibility index (Phi) is 3.09. The molecule has 1 aliphatic heterocycles. The molecule has 4 nitrogen and oxygen atoms in total. The Morgan fingerprint density at radius 2 is 1.88 bits per heavy atom. The minimum atomic E-state index is 0.0966. The highest BCUT2D eigenvalue weighted by atomic mass is 15.3. The third-order valence-corrected chi connectivity index (χ3v) is 6.51. The lowest BCUT2D eigenvalue weighted by atomic mass is 9.79. The van der Waals surface area contributed by atoms with E-state index >= 15 is 0 Å². The molecule has 25 heavy (non-hydrogen) atoms. The zero-order valence-corrected chi connectivity index (χ0v) is 15.4. The fourth-order valence-electron chi connectivity index (χ4n) is 5.54. The molecule has 0 N–H and O–H groups in total. The van der Waals surface area contributed by atoms with Crippen LogP contribution in [0.3, 0.4) is 0 Å². The first-order valence-corrected chi connectivity index (χ1v) is 9.52. The van der Waals surface area contributed by atoms with Crippen molar-refractivity contribution in [3.63, 3.8) is 0 Å². The molecule has 1 spiro atoms. The fraction of sp³-hybridized carbons (Fsp3) is 0.476. The molecule has 0 radical (unpaired) electrons. The topological polar surface area (TPSA) is 25.5 Å². The molecule has 3 heterocycles. The maximum atomic E-state index is 4.62. The molecule has 0 amide bonds. The SMILES string of the molecule is Cc1ccccc1N1C(C)c2c(n3ccnc3n2C)C12CCCCC2. The van der Waals surface area contributed by atoms with E-state index in [0.29, 0.717) is 6.04 Å². The second kappa shape index (κ2) is 5.13. The first kappa shape index (κ1) is 15.1. The van der Waals surface area contributed by atoms with Crippen LogP contribution in [-0.2, 0) is 12.6 Å². The second-order valence-electron chi connectivity index (χ2n) is 7.81. The highest BCUT2D eigenvalue weighted by Gasteiger charge is 2.53. The lowest BCUT2D eigenvalue weighted by Gasteiger charge is -2.45. The summed E-state index contributed by atoms with van der Waals surface area (Å²) in [6.45, 7) is 4.61. The summed E-state index contributed by atoms with van der Waals surface area (Å²) in [5.41, 5.74) is 5.78. The number of fused-ring (bicyclic) bond motifs is 4. The largest absolute Gasteiger partial charge is 0.352 e. The van der Waals surface area contributed by atoms with E-state index in [1.807, 2.05) is 6.20 Å². The van der Waals surface area contributed by atoms with Gasteiger partial charge in [-0.3, -0.25) is 4.40 Å². The number of rotatable bonds is 1. The number of nitrogens with zero attached hydrogens (tertiary/aromatic N) is 4. The molecular weight excluding hydrogens is 308 g/mol. The van der Waals surface area contributed by atoms with E-state index in [4.69, 9.17) is 0 Å². The number of aromatic nitrogens is 3. The van der Waals surface area contributed by atoms with E-state index in [2.05, 4.69) is 70.2 Å². The third kappa shape index (κ3) is 1.80. The van der Waals surface area contributed by atoms with Crippen molar-refractivity contribution in [3.8, 4) is 0 Å². The summed E-state index contributed by atoms with van der Waals surface area (Å²) in [7, 11) is 2.18. The Hall–Kier alpha value is -2.23. The Labute approximate surface area is 149 Å². The van der Waals surface area contributed by atoms with E-state index in [9.17, 15) is 0 Å². The first-order chi connectivity index (χ1) is 12.1. The zero-order valence-electron chi connectivity index (χ0n) is 15.4. The Bertz CT molecular complexity index is 942. The quantitative estimate of drug-likeness (QED) is 0.643. The van der Waals surface area contributed by atoms with Gasteiger partial charge >= 0.3 is 0 Å². The molecule has 1 unspecified atom stereocenters. The minimum Gasteiger partial charge on any atom is -0.352 e. The predicted octanol–water partition coefficient (Wildman–Crippen LogP) is 4.72. The van der Waals surface area contributed by atoms with Crippen LogP contribution in [0.15, 0.2) is 36.7 Å². The molecule has 1 aromatic carbocycles. The normalized spacial score (nSPS) is 22.0. The van der Waals surface area contributed by atoms with Crippen molar-refractivity contribution in [1.82, 2.24) is 14.0 Å². The van der Waals surface area contributed by atoms with Gasteiger partial charge in [0.15, 0.2) is 0 Å². The number of benzene rings is 1. The number of anilines is 1. The Morgan fingerprint density at radius 1 is 1.12 bits per heavy atom. The summed E-state index contributed by atoms with van der Waals surface area (Å²) in [4.78, 5) is 7.34. The van der Waals surface area contributed by atoms with Crippen LogP contribution in [-0.4, -0.2) is 14.0 Å². The summed E-state index contributed by atoms with van der Waals surface area (Å²) >= 11 is 0. The molecule has 1 saturated carbocycles. The van der Waals surface area contributed by atoms with Crippen molar-refractivity contribution in [2.75, 3.05) is 4.90 Å². The number of hydrogen-bond acceptors (Lipinski definition) is 2. The maximum absolute atomic E-state index is 4.62. The van der Waals surface area contributed by atoms with Crippen LogP contribution < -0.4 is 4.90 Å². The predicted molar refractivity (Wildman–Crippen MR) is 101 cm³/mol. The van der Waals surface area contributed by atoms with E-state index in [-0.39, 0.29) is 5.54 Å². The molecule has 4 heteroatoms. The van der Waals surface area contributed by atoms with Crippen molar-refractivity contribution in [2.24, 2.45) is 7.05 Å². The summed E-state index contributed by atoms with van der Waals surface area (Å²) in [6.07, 6.45) is 10.5.